The van der Waals surface area contributed by atoms with Crippen molar-refractivity contribution in [3.05, 3.63) is 17.0 Å². The van der Waals surface area contributed by atoms with E-state index in [1.54, 1.807) is 6.07 Å². The molecular weight excluding hydrogens is 266 g/mol. The first-order valence-corrected chi connectivity index (χ1v) is 7.12. The number of carbonyl (C=O) groups is 3. The highest BCUT2D eigenvalue weighted by molar-refractivity contribution is 7.18. The molecule has 1 aliphatic carbocycles. The summed E-state index contributed by atoms with van der Waals surface area (Å²) in [6.07, 6.45) is 3.50. The van der Waals surface area contributed by atoms with Crippen molar-refractivity contribution in [2.24, 2.45) is 11.8 Å². The molecule has 1 saturated carbocycles. The van der Waals surface area contributed by atoms with Gasteiger partial charge in [-0.15, -0.1) is 11.3 Å². The van der Waals surface area contributed by atoms with Crippen LogP contribution in [0.5, 0.6) is 0 Å². The summed E-state index contributed by atoms with van der Waals surface area (Å²) in [4.78, 5) is 36.8. The number of carboxylic acids is 1. The summed E-state index contributed by atoms with van der Waals surface area (Å²) in [6.45, 7) is 0. The fraction of sp³-hybridized carbons (Fsp3) is 0.462. The Hall–Kier alpha value is -1.69. The molecule has 100 valence electrons. The van der Waals surface area contributed by atoms with Crippen LogP contribution >= 0.6 is 11.3 Å². The van der Waals surface area contributed by atoms with Gasteiger partial charge in [-0.05, 0) is 25.0 Å². The van der Waals surface area contributed by atoms with Crippen LogP contribution in [0.25, 0.3) is 0 Å². The SMILES string of the molecule is O=C(O)c1ccc(N2C(=O)C3CCCCC3C2=O)s1. The first-order valence-electron chi connectivity index (χ1n) is 6.30. The third-order valence-electron chi connectivity index (χ3n) is 3.86. The van der Waals surface area contributed by atoms with Gasteiger partial charge in [0.25, 0.3) is 0 Å². The Kier molecular flexibility index (Phi) is 2.89. The predicted octanol–water partition coefficient (Wildman–Crippen LogP) is 2.13. The molecule has 2 fully saturated rings. The lowest BCUT2D eigenvalue weighted by molar-refractivity contribution is -0.122. The number of carbonyl (C=O) groups excluding carboxylic acids is 2. The number of aromatic carboxylic acids is 1. The van der Waals surface area contributed by atoms with E-state index in [0.717, 1.165) is 37.0 Å². The molecule has 1 N–H and O–H groups in total. The van der Waals surface area contributed by atoms with Crippen LogP contribution in [0.2, 0.25) is 0 Å². The van der Waals surface area contributed by atoms with Crippen molar-refractivity contribution >= 4 is 34.1 Å². The number of carboxylic acid groups (broad SMARTS) is 1. The van der Waals surface area contributed by atoms with Crippen molar-refractivity contribution in [3.8, 4) is 0 Å². The maximum absolute atomic E-state index is 12.3. The number of rotatable bonds is 2. The van der Waals surface area contributed by atoms with Crippen LogP contribution in [0.3, 0.4) is 0 Å². The number of nitrogens with zero attached hydrogens (tertiary/aromatic N) is 1. The van der Waals surface area contributed by atoms with Gasteiger partial charge in [0.15, 0.2) is 0 Å². The van der Waals surface area contributed by atoms with Crippen LogP contribution in [0, 0.1) is 11.8 Å². The number of fused-ring (bicyclic) bond motifs is 1. The Labute approximate surface area is 113 Å². The lowest BCUT2D eigenvalue weighted by atomic mass is 9.81. The van der Waals surface area contributed by atoms with Crippen molar-refractivity contribution in [1.29, 1.82) is 0 Å². The van der Waals surface area contributed by atoms with E-state index in [4.69, 9.17) is 5.11 Å². The molecule has 2 atom stereocenters. The highest BCUT2D eigenvalue weighted by atomic mass is 32.1. The monoisotopic (exact) mass is 279 g/mol. The van der Waals surface area contributed by atoms with Crippen molar-refractivity contribution in [2.75, 3.05) is 4.90 Å². The first-order chi connectivity index (χ1) is 9.09. The van der Waals surface area contributed by atoms with Crippen LogP contribution in [0.4, 0.5) is 5.00 Å². The lowest BCUT2D eigenvalue weighted by Crippen LogP contribution is -2.29. The van der Waals surface area contributed by atoms with Gasteiger partial charge in [-0.25, -0.2) is 9.69 Å². The quantitative estimate of drug-likeness (QED) is 0.841. The average molecular weight is 279 g/mol. The average Bonchev–Trinajstić information content (AvgIpc) is 2.96. The van der Waals surface area contributed by atoms with E-state index in [0.29, 0.717) is 5.00 Å². The summed E-state index contributed by atoms with van der Waals surface area (Å²) in [7, 11) is 0. The lowest BCUT2D eigenvalue weighted by Gasteiger charge is -2.19. The van der Waals surface area contributed by atoms with Crippen molar-refractivity contribution in [1.82, 2.24) is 0 Å². The van der Waals surface area contributed by atoms with Crippen molar-refractivity contribution < 1.29 is 19.5 Å². The van der Waals surface area contributed by atoms with E-state index in [-0.39, 0.29) is 28.5 Å². The maximum Gasteiger partial charge on any atom is 0.345 e. The molecule has 1 aromatic rings. The van der Waals surface area contributed by atoms with E-state index in [1.807, 2.05) is 0 Å². The van der Waals surface area contributed by atoms with Crippen LogP contribution in [-0.2, 0) is 9.59 Å². The zero-order valence-corrected chi connectivity index (χ0v) is 11.0. The molecule has 1 saturated heterocycles. The van der Waals surface area contributed by atoms with Crippen LogP contribution < -0.4 is 4.90 Å². The molecule has 0 spiro atoms. The van der Waals surface area contributed by atoms with Crippen molar-refractivity contribution in [3.63, 3.8) is 0 Å². The Morgan fingerprint density at radius 2 is 1.74 bits per heavy atom. The molecule has 0 bridgehead atoms. The molecule has 0 aromatic carbocycles. The molecule has 2 amide bonds. The van der Waals surface area contributed by atoms with Gasteiger partial charge in [-0.3, -0.25) is 9.59 Å². The maximum atomic E-state index is 12.3. The van der Waals surface area contributed by atoms with Gasteiger partial charge in [0.2, 0.25) is 11.8 Å². The second-order valence-corrected chi connectivity index (χ2v) is 6.01. The summed E-state index contributed by atoms with van der Waals surface area (Å²) in [5.74, 6) is -1.75. The van der Waals surface area contributed by atoms with E-state index in [2.05, 4.69) is 0 Å². The molecule has 6 heteroatoms. The highest BCUT2D eigenvalue weighted by Crippen LogP contribution is 2.41. The zero-order chi connectivity index (χ0) is 13.6. The summed E-state index contributed by atoms with van der Waals surface area (Å²) in [5.41, 5.74) is 0. The van der Waals surface area contributed by atoms with Gasteiger partial charge in [0, 0.05) is 0 Å². The zero-order valence-electron chi connectivity index (χ0n) is 10.2. The molecule has 1 aliphatic heterocycles. The number of hydrogen-bond donors (Lipinski definition) is 1. The van der Waals surface area contributed by atoms with Gasteiger partial charge in [0.05, 0.1) is 11.8 Å². The standard InChI is InChI=1S/C13H13NO4S/c15-11-7-3-1-2-4-8(7)12(16)14(11)10-6-5-9(19-10)13(17)18/h5-8H,1-4H2,(H,17,18). The second kappa shape index (κ2) is 4.45. The molecular formula is C13H13NO4S. The fourth-order valence-corrected chi connectivity index (χ4v) is 3.80. The van der Waals surface area contributed by atoms with E-state index in [1.165, 1.54) is 11.0 Å². The molecule has 0 radical (unpaired) electrons. The van der Waals surface area contributed by atoms with Crippen LogP contribution in [0.1, 0.15) is 35.4 Å². The number of anilines is 1. The first kappa shape index (κ1) is 12.3. The predicted molar refractivity (Wildman–Crippen MR) is 69.2 cm³/mol. The van der Waals surface area contributed by atoms with E-state index < -0.39 is 5.97 Å². The Morgan fingerprint density at radius 3 is 2.21 bits per heavy atom. The summed E-state index contributed by atoms with van der Waals surface area (Å²) in [5, 5.41) is 9.33. The van der Waals surface area contributed by atoms with E-state index in [9.17, 15) is 14.4 Å². The molecule has 2 aliphatic rings. The van der Waals surface area contributed by atoms with E-state index >= 15 is 0 Å². The van der Waals surface area contributed by atoms with Gasteiger partial charge >= 0.3 is 5.97 Å². The van der Waals surface area contributed by atoms with Gasteiger partial charge < -0.3 is 5.11 Å². The summed E-state index contributed by atoms with van der Waals surface area (Å²) in [6, 6.07) is 2.98. The minimum atomic E-state index is -1.03. The smallest absolute Gasteiger partial charge is 0.345 e. The molecule has 5 nitrogen and oxygen atoms in total. The summed E-state index contributed by atoms with van der Waals surface area (Å²) >= 11 is 0.976. The number of hydrogen-bond acceptors (Lipinski definition) is 4. The number of imide groups is 1. The topological polar surface area (TPSA) is 74.7 Å². The largest absolute Gasteiger partial charge is 0.477 e. The molecule has 1 aromatic heterocycles. The second-order valence-electron chi connectivity index (χ2n) is 4.95. The Balaban J connectivity index is 1.93. The number of amides is 2. The number of thiophene rings is 1. The Morgan fingerprint density at radius 1 is 1.16 bits per heavy atom. The summed E-state index contributed by atoms with van der Waals surface area (Å²) < 4.78 is 0. The normalized spacial score (nSPS) is 26.6. The minimum absolute atomic E-state index is 0.144. The van der Waals surface area contributed by atoms with Gasteiger partial charge in [0.1, 0.15) is 9.88 Å². The third kappa shape index (κ3) is 1.87. The van der Waals surface area contributed by atoms with Crippen LogP contribution in [-0.4, -0.2) is 22.9 Å². The molecule has 2 unspecified atom stereocenters. The van der Waals surface area contributed by atoms with Gasteiger partial charge in [-0.1, -0.05) is 12.8 Å². The highest BCUT2D eigenvalue weighted by Gasteiger charge is 2.49. The van der Waals surface area contributed by atoms with Crippen LogP contribution in [0.15, 0.2) is 12.1 Å². The Bertz CT molecular complexity index is 541. The van der Waals surface area contributed by atoms with Crippen molar-refractivity contribution in [2.45, 2.75) is 25.7 Å². The fourth-order valence-electron chi connectivity index (χ4n) is 2.94. The molecule has 3 rings (SSSR count). The minimum Gasteiger partial charge on any atom is -0.477 e. The van der Waals surface area contributed by atoms with Gasteiger partial charge in [-0.2, -0.15) is 0 Å². The molecule has 19 heavy (non-hydrogen) atoms. The third-order valence-corrected chi connectivity index (χ3v) is 4.92. The molecule has 2 heterocycles.